The number of para-hydroxylation sites is 1. The van der Waals surface area contributed by atoms with Gasteiger partial charge in [-0.05, 0) is 43.9 Å². The molecule has 0 bridgehead atoms. The molecule has 2 aromatic rings. The number of benzene rings is 2. The molecule has 0 aliphatic carbocycles. The summed E-state index contributed by atoms with van der Waals surface area (Å²) in [5.74, 6) is 1.34. The van der Waals surface area contributed by atoms with Crippen LogP contribution in [0.4, 0.5) is 5.69 Å². The SMILES string of the molecule is CCNC(=NCC1CCCOC1c1ccccc1)NC1CCN(c2ccccc2)C1. The van der Waals surface area contributed by atoms with Crippen molar-refractivity contribution in [2.75, 3.05) is 37.7 Å². The molecule has 2 N–H and O–H groups in total. The molecule has 2 aliphatic rings. The zero-order chi connectivity index (χ0) is 20.6. The van der Waals surface area contributed by atoms with Crippen molar-refractivity contribution in [3.05, 3.63) is 66.2 Å². The van der Waals surface area contributed by atoms with E-state index in [0.29, 0.717) is 12.0 Å². The van der Waals surface area contributed by atoms with Crippen LogP contribution in [0.15, 0.2) is 65.7 Å². The molecule has 5 nitrogen and oxygen atoms in total. The van der Waals surface area contributed by atoms with Crippen molar-refractivity contribution in [3.63, 3.8) is 0 Å². The Labute approximate surface area is 180 Å². The molecule has 160 valence electrons. The highest BCUT2D eigenvalue weighted by Gasteiger charge is 2.28. The predicted octanol–water partition coefficient (Wildman–Crippen LogP) is 3.99. The molecule has 3 unspecified atom stereocenters. The summed E-state index contributed by atoms with van der Waals surface area (Å²) in [6.45, 7) is 6.70. The molecule has 2 aromatic carbocycles. The highest BCUT2D eigenvalue weighted by atomic mass is 16.5. The zero-order valence-corrected chi connectivity index (χ0v) is 18.0. The summed E-state index contributed by atoms with van der Waals surface area (Å²) in [6, 6.07) is 21.7. The Balaban J connectivity index is 1.37. The predicted molar refractivity (Wildman–Crippen MR) is 124 cm³/mol. The minimum absolute atomic E-state index is 0.145. The van der Waals surface area contributed by atoms with E-state index in [9.17, 15) is 0 Å². The first-order valence-electron chi connectivity index (χ1n) is 11.3. The normalized spacial score (nSPS) is 24.6. The van der Waals surface area contributed by atoms with Crippen LogP contribution in [-0.2, 0) is 4.74 Å². The van der Waals surface area contributed by atoms with E-state index in [1.807, 2.05) is 0 Å². The van der Waals surface area contributed by atoms with Gasteiger partial charge >= 0.3 is 0 Å². The summed E-state index contributed by atoms with van der Waals surface area (Å²) >= 11 is 0. The lowest BCUT2D eigenvalue weighted by molar-refractivity contribution is -0.0250. The number of hydrogen-bond acceptors (Lipinski definition) is 3. The topological polar surface area (TPSA) is 48.9 Å². The summed E-state index contributed by atoms with van der Waals surface area (Å²) in [6.07, 6.45) is 3.54. The maximum absolute atomic E-state index is 6.15. The van der Waals surface area contributed by atoms with E-state index >= 15 is 0 Å². The molecule has 0 radical (unpaired) electrons. The van der Waals surface area contributed by atoms with E-state index in [-0.39, 0.29) is 6.10 Å². The molecule has 0 aromatic heterocycles. The van der Waals surface area contributed by atoms with Crippen molar-refractivity contribution in [2.24, 2.45) is 10.9 Å². The van der Waals surface area contributed by atoms with Gasteiger partial charge in [0.1, 0.15) is 0 Å². The van der Waals surface area contributed by atoms with Gasteiger partial charge in [-0.2, -0.15) is 0 Å². The Hall–Kier alpha value is -2.53. The number of ether oxygens (including phenoxy) is 1. The van der Waals surface area contributed by atoms with E-state index in [0.717, 1.165) is 58.0 Å². The molecule has 2 saturated heterocycles. The second-order valence-corrected chi connectivity index (χ2v) is 8.24. The molecule has 0 amide bonds. The average molecular weight is 407 g/mol. The van der Waals surface area contributed by atoms with Crippen LogP contribution < -0.4 is 15.5 Å². The quantitative estimate of drug-likeness (QED) is 0.563. The van der Waals surface area contributed by atoms with Crippen LogP contribution in [0.25, 0.3) is 0 Å². The summed E-state index contributed by atoms with van der Waals surface area (Å²) < 4.78 is 6.15. The first-order chi connectivity index (χ1) is 14.8. The summed E-state index contributed by atoms with van der Waals surface area (Å²) in [5.41, 5.74) is 2.57. The second kappa shape index (κ2) is 10.5. The van der Waals surface area contributed by atoms with Crippen molar-refractivity contribution in [2.45, 2.75) is 38.3 Å². The van der Waals surface area contributed by atoms with Crippen LogP contribution in [0.5, 0.6) is 0 Å². The van der Waals surface area contributed by atoms with Crippen LogP contribution in [0, 0.1) is 5.92 Å². The molecule has 2 fully saturated rings. The molecule has 0 saturated carbocycles. The fraction of sp³-hybridized carbons (Fsp3) is 0.480. The first kappa shape index (κ1) is 20.7. The number of hydrogen-bond donors (Lipinski definition) is 2. The molecular formula is C25H34N4O. The maximum atomic E-state index is 6.15. The standard InChI is InChI=1S/C25H34N4O/c1-2-26-25(28-22-15-16-29(19-22)23-13-7-4-8-14-23)27-18-21-12-9-17-30-24(21)20-10-5-3-6-11-20/h3-8,10-11,13-14,21-22,24H,2,9,12,15-19H2,1H3,(H2,26,27,28). The van der Waals surface area contributed by atoms with Crippen LogP contribution >= 0.6 is 0 Å². The van der Waals surface area contributed by atoms with Gasteiger partial charge in [0.25, 0.3) is 0 Å². The van der Waals surface area contributed by atoms with Crippen LogP contribution in [0.3, 0.4) is 0 Å². The minimum atomic E-state index is 0.145. The van der Waals surface area contributed by atoms with E-state index < -0.39 is 0 Å². The fourth-order valence-electron chi connectivity index (χ4n) is 4.51. The molecule has 30 heavy (non-hydrogen) atoms. The molecule has 0 spiro atoms. The van der Waals surface area contributed by atoms with Crippen molar-refractivity contribution in [3.8, 4) is 0 Å². The zero-order valence-electron chi connectivity index (χ0n) is 18.0. The van der Waals surface area contributed by atoms with E-state index in [1.165, 1.54) is 11.3 Å². The monoisotopic (exact) mass is 406 g/mol. The van der Waals surface area contributed by atoms with Gasteiger partial charge in [0.05, 0.1) is 6.10 Å². The Morgan fingerprint density at radius 1 is 1.07 bits per heavy atom. The van der Waals surface area contributed by atoms with Crippen LogP contribution in [-0.4, -0.2) is 44.8 Å². The third-order valence-corrected chi connectivity index (χ3v) is 6.05. The number of guanidine groups is 1. The lowest BCUT2D eigenvalue weighted by Crippen LogP contribution is -2.45. The number of nitrogens with one attached hydrogen (secondary N) is 2. The third kappa shape index (κ3) is 5.33. The Morgan fingerprint density at radius 3 is 2.60 bits per heavy atom. The highest BCUT2D eigenvalue weighted by molar-refractivity contribution is 5.80. The smallest absolute Gasteiger partial charge is 0.191 e. The Bertz CT molecular complexity index is 795. The summed E-state index contributed by atoms with van der Waals surface area (Å²) in [7, 11) is 0. The van der Waals surface area contributed by atoms with E-state index in [1.54, 1.807) is 0 Å². The van der Waals surface area contributed by atoms with Gasteiger partial charge in [-0.3, -0.25) is 4.99 Å². The molecule has 3 atom stereocenters. The van der Waals surface area contributed by atoms with Crippen molar-refractivity contribution >= 4 is 11.6 Å². The second-order valence-electron chi connectivity index (χ2n) is 8.24. The highest BCUT2D eigenvalue weighted by Crippen LogP contribution is 2.33. The van der Waals surface area contributed by atoms with Gasteiger partial charge in [0, 0.05) is 50.4 Å². The van der Waals surface area contributed by atoms with Crippen LogP contribution in [0.1, 0.15) is 37.9 Å². The third-order valence-electron chi connectivity index (χ3n) is 6.05. The number of aliphatic imine (C=N–C) groups is 1. The lowest BCUT2D eigenvalue weighted by atomic mass is 9.89. The minimum Gasteiger partial charge on any atom is -0.373 e. The lowest BCUT2D eigenvalue weighted by Gasteiger charge is -2.31. The molecule has 2 aliphatic heterocycles. The van der Waals surface area contributed by atoms with Crippen LogP contribution in [0.2, 0.25) is 0 Å². The molecule has 5 heteroatoms. The Morgan fingerprint density at radius 2 is 1.83 bits per heavy atom. The van der Waals surface area contributed by atoms with Gasteiger partial charge in [-0.1, -0.05) is 48.5 Å². The number of nitrogens with zero attached hydrogens (tertiary/aromatic N) is 2. The van der Waals surface area contributed by atoms with Gasteiger partial charge in [0.15, 0.2) is 5.96 Å². The fourth-order valence-corrected chi connectivity index (χ4v) is 4.51. The summed E-state index contributed by atoms with van der Waals surface area (Å²) in [5, 5.41) is 7.11. The first-order valence-corrected chi connectivity index (χ1v) is 11.3. The van der Waals surface area contributed by atoms with Crippen molar-refractivity contribution in [1.82, 2.24) is 10.6 Å². The van der Waals surface area contributed by atoms with Gasteiger partial charge in [-0.15, -0.1) is 0 Å². The van der Waals surface area contributed by atoms with Gasteiger partial charge in [-0.25, -0.2) is 0 Å². The number of anilines is 1. The molecule has 2 heterocycles. The van der Waals surface area contributed by atoms with Gasteiger partial charge in [0.2, 0.25) is 0 Å². The van der Waals surface area contributed by atoms with E-state index in [4.69, 9.17) is 9.73 Å². The van der Waals surface area contributed by atoms with E-state index in [2.05, 4.69) is 83.1 Å². The van der Waals surface area contributed by atoms with Gasteiger partial charge < -0.3 is 20.3 Å². The summed E-state index contributed by atoms with van der Waals surface area (Å²) in [4.78, 5) is 7.42. The number of rotatable bonds is 6. The molecule has 4 rings (SSSR count). The Kier molecular flexibility index (Phi) is 7.25. The average Bonchev–Trinajstić information content (AvgIpc) is 3.28. The maximum Gasteiger partial charge on any atom is 0.191 e. The van der Waals surface area contributed by atoms with Crippen molar-refractivity contribution < 1.29 is 4.74 Å². The van der Waals surface area contributed by atoms with Crippen molar-refractivity contribution in [1.29, 1.82) is 0 Å². The largest absolute Gasteiger partial charge is 0.373 e. The molecular weight excluding hydrogens is 372 g/mol.